The largest absolute Gasteiger partial charge is 0.342 e. The smallest absolute Gasteiger partial charge is 0.239 e. The standard InChI is InChI=1S/C12H26N2OS/c1-6-9(2)11(13)12(15)14(4)10(3)7-8-16-5/h9-11H,6-8,13H2,1-5H3/t9-,10?,11-/m0/s1. The average Bonchev–Trinajstić information content (AvgIpc) is 2.31. The molecule has 96 valence electrons. The third kappa shape index (κ3) is 4.74. The molecule has 0 aromatic rings. The lowest BCUT2D eigenvalue weighted by atomic mass is 9.98. The van der Waals surface area contributed by atoms with Crippen molar-refractivity contribution in [3.63, 3.8) is 0 Å². The van der Waals surface area contributed by atoms with Crippen molar-refractivity contribution in [3.05, 3.63) is 0 Å². The summed E-state index contributed by atoms with van der Waals surface area (Å²) < 4.78 is 0. The predicted octanol–water partition coefficient (Wildman–Crippen LogP) is 1.96. The molecule has 0 aliphatic carbocycles. The Kier molecular flexibility index (Phi) is 7.85. The van der Waals surface area contributed by atoms with E-state index in [1.54, 1.807) is 4.90 Å². The first-order chi connectivity index (χ1) is 7.45. The number of carbonyl (C=O) groups excluding carboxylic acids is 1. The lowest BCUT2D eigenvalue weighted by Gasteiger charge is -2.29. The van der Waals surface area contributed by atoms with Gasteiger partial charge in [0, 0.05) is 13.1 Å². The Morgan fingerprint density at radius 2 is 2.00 bits per heavy atom. The molecule has 0 radical (unpaired) electrons. The Morgan fingerprint density at radius 3 is 2.44 bits per heavy atom. The second-order valence-corrected chi connectivity index (χ2v) is 5.48. The van der Waals surface area contributed by atoms with E-state index in [1.807, 2.05) is 25.7 Å². The fourth-order valence-electron chi connectivity index (χ4n) is 1.43. The van der Waals surface area contributed by atoms with Crippen LogP contribution in [0.1, 0.15) is 33.6 Å². The van der Waals surface area contributed by atoms with Crippen LogP contribution in [0.15, 0.2) is 0 Å². The highest BCUT2D eigenvalue weighted by atomic mass is 32.2. The van der Waals surface area contributed by atoms with Gasteiger partial charge in [-0.25, -0.2) is 0 Å². The van der Waals surface area contributed by atoms with E-state index >= 15 is 0 Å². The molecule has 0 bridgehead atoms. The average molecular weight is 246 g/mol. The van der Waals surface area contributed by atoms with Crippen molar-refractivity contribution >= 4 is 17.7 Å². The van der Waals surface area contributed by atoms with Gasteiger partial charge in [-0.3, -0.25) is 4.79 Å². The number of nitrogens with zero attached hydrogens (tertiary/aromatic N) is 1. The maximum atomic E-state index is 12.0. The first-order valence-electron chi connectivity index (χ1n) is 5.96. The van der Waals surface area contributed by atoms with Gasteiger partial charge in [0.05, 0.1) is 6.04 Å². The van der Waals surface area contributed by atoms with Crippen LogP contribution in [-0.2, 0) is 4.79 Å². The van der Waals surface area contributed by atoms with Gasteiger partial charge in [0.15, 0.2) is 0 Å². The van der Waals surface area contributed by atoms with Crippen molar-refractivity contribution in [1.29, 1.82) is 0 Å². The molecular formula is C12H26N2OS. The second-order valence-electron chi connectivity index (χ2n) is 4.49. The summed E-state index contributed by atoms with van der Waals surface area (Å²) in [6.07, 6.45) is 4.05. The van der Waals surface area contributed by atoms with Crippen LogP contribution < -0.4 is 5.73 Å². The molecule has 0 rings (SSSR count). The summed E-state index contributed by atoms with van der Waals surface area (Å²) in [5.41, 5.74) is 5.94. The van der Waals surface area contributed by atoms with E-state index in [1.165, 1.54) is 0 Å². The number of nitrogens with two attached hydrogens (primary N) is 1. The van der Waals surface area contributed by atoms with Gasteiger partial charge >= 0.3 is 0 Å². The number of amides is 1. The van der Waals surface area contributed by atoms with Crippen LogP contribution in [0, 0.1) is 5.92 Å². The fourth-order valence-corrected chi connectivity index (χ4v) is 2.01. The van der Waals surface area contributed by atoms with E-state index in [9.17, 15) is 4.79 Å². The molecular weight excluding hydrogens is 220 g/mol. The highest BCUT2D eigenvalue weighted by Crippen LogP contribution is 2.12. The van der Waals surface area contributed by atoms with E-state index < -0.39 is 0 Å². The molecule has 3 nitrogen and oxygen atoms in total. The van der Waals surface area contributed by atoms with Gasteiger partial charge in [0.25, 0.3) is 0 Å². The number of hydrogen-bond acceptors (Lipinski definition) is 3. The van der Waals surface area contributed by atoms with Crippen LogP contribution in [0.2, 0.25) is 0 Å². The monoisotopic (exact) mass is 246 g/mol. The molecule has 0 aliphatic rings. The van der Waals surface area contributed by atoms with Gasteiger partial charge in [0.2, 0.25) is 5.91 Å². The lowest BCUT2D eigenvalue weighted by Crippen LogP contribution is -2.48. The Labute approximate surface area is 104 Å². The third-order valence-corrected chi connectivity index (χ3v) is 3.93. The van der Waals surface area contributed by atoms with Crippen LogP contribution >= 0.6 is 11.8 Å². The van der Waals surface area contributed by atoms with Gasteiger partial charge in [-0.2, -0.15) is 11.8 Å². The molecule has 1 amide bonds. The summed E-state index contributed by atoms with van der Waals surface area (Å²) in [7, 11) is 1.86. The third-order valence-electron chi connectivity index (χ3n) is 3.29. The summed E-state index contributed by atoms with van der Waals surface area (Å²) in [5.74, 6) is 1.41. The Hall–Kier alpha value is -0.220. The molecule has 0 aliphatic heterocycles. The molecule has 0 saturated carbocycles. The van der Waals surface area contributed by atoms with Crippen molar-refractivity contribution in [2.45, 2.75) is 45.7 Å². The second kappa shape index (κ2) is 7.96. The molecule has 0 saturated heterocycles. The van der Waals surface area contributed by atoms with E-state index in [0.29, 0.717) is 0 Å². The maximum Gasteiger partial charge on any atom is 0.239 e. The first kappa shape index (κ1) is 15.8. The van der Waals surface area contributed by atoms with Crippen molar-refractivity contribution < 1.29 is 4.79 Å². The lowest BCUT2D eigenvalue weighted by molar-refractivity contribution is -0.134. The van der Waals surface area contributed by atoms with Crippen LogP contribution in [0.3, 0.4) is 0 Å². The molecule has 1 unspecified atom stereocenters. The van der Waals surface area contributed by atoms with E-state index in [-0.39, 0.29) is 23.9 Å². The summed E-state index contributed by atoms with van der Waals surface area (Å²) >= 11 is 1.81. The number of hydrogen-bond donors (Lipinski definition) is 1. The van der Waals surface area contributed by atoms with Crippen molar-refractivity contribution in [1.82, 2.24) is 4.90 Å². The minimum absolute atomic E-state index is 0.0722. The topological polar surface area (TPSA) is 46.3 Å². The van der Waals surface area contributed by atoms with Gasteiger partial charge in [-0.15, -0.1) is 0 Å². The van der Waals surface area contributed by atoms with Crippen molar-refractivity contribution in [2.75, 3.05) is 19.1 Å². The van der Waals surface area contributed by atoms with Crippen LogP contribution in [0.25, 0.3) is 0 Å². The minimum Gasteiger partial charge on any atom is -0.342 e. The van der Waals surface area contributed by atoms with Crippen LogP contribution in [-0.4, -0.2) is 41.9 Å². The van der Waals surface area contributed by atoms with Gasteiger partial charge in [-0.05, 0) is 31.3 Å². The fraction of sp³-hybridized carbons (Fsp3) is 0.917. The summed E-state index contributed by atoms with van der Waals surface area (Å²) in [6, 6.07) is -0.0817. The molecule has 16 heavy (non-hydrogen) atoms. The SMILES string of the molecule is CC[C@H](C)[C@H](N)C(=O)N(C)C(C)CCSC. The maximum absolute atomic E-state index is 12.0. The highest BCUT2D eigenvalue weighted by Gasteiger charge is 2.25. The summed E-state index contributed by atoms with van der Waals surface area (Å²) in [4.78, 5) is 13.8. The highest BCUT2D eigenvalue weighted by molar-refractivity contribution is 7.98. The Bertz CT molecular complexity index is 211. The van der Waals surface area contributed by atoms with Crippen LogP contribution in [0.4, 0.5) is 0 Å². The number of rotatable bonds is 7. The van der Waals surface area contributed by atoms with Gasteiger partial charge in [0.1, 0.15) is 0 Å². The van der Waals surface area contributed by atoms with Crippen LogP contribution in [0.5, 0.6) is 0 Å². The van der Waals surface area contributed by atoms with E-state index in [4.69, 9.17) is 5.73 Å². The van der Waals surface area contributed by atoms with Gasteiger partial charge < -0.3 is 10.6 Å². The zero-order valence-corrected chi connectivity index (χ0v) is 12.0. The zero-order valence-electron chi connectivity index (χ0n) is 11.2. The molecule has 2 N–H and O–H groups in total. The number of thioether (sulfide) groups is 1. The molecule has 0 aromatic carbocycles. The quantitative estimate of drug-likeness (QED) is 0.747. The molecule has 0 spiro atoms. The number of likely N-dealkylation sites (N-methyl/N-ethyl adjacent to an activating group) is 1. The molecule has 0 heterocycles. The predicted molar refractivity (Wildman–Crippen MR) is 72.7 cm³/mol. The van der Waals surface area contributed by atoms with Gasteiger partial charge in [-0.1, -0.05) is 20.3 Å². The molecule has 0 aromatic heterocycles. The number of carbonyl (C=O) groups is 1. The molecule has 3 atom stereocenters. The first-order valence-corrected chi connectivity index (χ1v) is 7.36. The van der Waals surface area contributed by atoms with E-state index in [2.05, 4.69) is 20.1 Å². The zero-order chi connectivity index (χ0) is 12.7. The Balaban J connectivity index is 4.25. The molecule has 0 fully saturated rings. The summed E-state index contributed by atoms with van der Waals surface area (Å²) in [6.45, 7) is 6.18. The minimum atomic E-state index is -0.355. The van der Waals surface area contributed by atoms with Crippen molar-refractivity contribution in [3.8, 4) is 0 Å². The molecule has 4 heteroatoms. The summed E-state index contributed by atoms with van der Waals surface area (Å²) in [5, 5.41) is 0. The van der Waals surface area contributed by atoms with Crippen molar-refractivity contribution in [2.24, 2.45) is 11.7 Å². The van der Waals surface area contributed by atoms with E-state index in [0.717, 1.165) is 18.6 Å². The normalized spacial score (nSPS) is 16.6. The Morgan fingerprint density at radius 1 is 1.44 bits per heavy atom.